The van der Waals surface area contributed by atoms with Crippen LogP contribution in [0.15, 0.2) is 46.0 Å². The Balaban J connectivity index is 2.10. The van der Waals surface area contributed by atoms with E-state index in [0.29, 0.717) is 11.1 Å². The summed E-state index contributed by atoms with van der Waals surface area (Å²) >= 11 is 2.49. The zero-order chi connectivity index (χ0) is 16.6. The number of hydrogen-bond acceptors (Lipinski definition) is 3. The third-order valence-electron chi connectivity index (χ3n) is 3.04. The van der Waals surface area contributed by atoms with E-state index in [-0.39, 0.29) is 21.8 Å². The van der Waals surface area contributed by atoms with Crippen LogP contribution >= 0.6 is 34.4 Å². The summed E-state index contributed by atoms with van der Waals surface area (Å²) in [5, 5.41) is 1.96. The van der Waals surface area contributed by atoms with Gasteiger partial charge in [-0.15, -0.1) is 22.7 Å². The van der Waals surface area contributed by atoms with Gasteiger partial charge in [0, 0.05) is 10.4 Å². The SMILES string of the molecule is Cc1csc(-c2sc(SC(F)(F)F)cc2-c2ccc(F)cc2)c1. The predicted molar refractivity (Wildman–Crippen MR) is 89.7 cm³/mol. The normalized spacial score (nSPS) is 11.9. The Morgan fingerprint density at radius 1 is 1.04 bits per heavy atom. The maximum absolute atomic E-state index is 13.1. The smallest absolute Gasteiger partial charge is 0.207 e. The minimum Gasteiger partial charge on any atom is -0.207 e. The van der Waals surface area contributed by atoms with E-state index < -0.39 is 5.51 Å². The fourth-order valence-electron chi connectivity index (χ4n) is 2.11. The van der Waals surface area contributed by atoms with Crippen LogP contribution in [-0.4, -0.2) is 5.51 Å². The Hall–Kier alpha value is -1.31. The fraction of sp³-hybridized carbons (Fsp3) is 0.125. The molecule has 0 radical (unpaired) electrons. The molecule has 0 amide bonds. The van der Waals surface area contributed by atoms with Crippen LogP contribution in [0.4, 0.5) is 17.6 Å². The van der Waals surface area contributed by atoms with Crippen LogP contribution in [0.25, 0.3) is 20.9 Å². The first-order valence-corrected chi connectivity index (χ1v) is 9.04. The third-order valence-corrected chi connectivity index (χ3v) is 6.24. The maximum atomic E-state index is 13.1. The average Bonchev–Trinajstić information content (AvgIpc) is 3.04. The lowest BCUT2D eigenvalue weighted by atomic mass is 10.1. The summed E-state index contributed by atoms with van der Waals surface area (Å²) < 4.78 is 51.3. The van der Waals surface area contributed by atoms with Crippen molar-refractivity contribution in [3.05, 3.63) is 53.2 Å². The highest BCUT2D eigenvalue weighted by molar-refractivity contribution is 8.02. The van der Waals surface area contributed by atoms with E-state index in [2.05, 4.69) is 0 Å². The molecule has 120 valence electrons. The number of benzene rings is 1. The van der Waals surface area contributed by atoms with Crippen LogP contribution in [0.1, 0.15) is 5.56 Å². The van der Waals surface area contributed by atoms with Crippen LogP contribution in [0.2, 0.25) is 0 Å². The van der Waals surface area contributed by atoms with Crippen LogP contribution in [-0.2, 0) is 0 Å². The van der Waals surface area contributed by atoms with Gasteiger partial charge in [0.05, 0.1) is 9.09 Å². The van der Waals surface area contributed by atoms with Gasteiger partial charge in [-0.25, -0.2) is 4.39 Å². The molecule has 0 aliphatic carbocycles. The molecule has 0 fully saturated rings. The summed E-state index contributed by atoms with van der Waals surface area (Å²) in [6, 6.07) is 9.28. The highest BCUT2D eigenvalue weighted by atomic mass is 32.2. The first-order chi connectivity index (χ1) is 10.8. The summed E-state index contributed by atoms with van der Waals surface area (Å²) in [4.78, 5) is 1.70. The fourth-order valence-corrected chi connectivity index (χ4v) is 5.16. The summed E-state index contributed by atoms with van der Waals surface area (Å²) in [5.74, 6) is -0.373. The van der Waals surface area contributed by atoms with E-state index in [9.17, 15) is 17.6 Å². The Labute approximate surface area is 142 Å². The summed E-state index contributed by atoms with van der Waals surface area (Å²) in [5.41, 5.74) is -1.86. The zero-order valence-corrected chi connectivity index (χ0v) is 14.2. The topological polar surface area (TPSA) is 0 Å². The van der Waals surface area contributed by atoms with Crippen LogP contribution in [0, 0.1) is 12.7 Å². The number of hydrogen-bond donors (Lipinski definition) is 0. The summed E-state index contributed by atoms with van der Waals surface area (Å²) in [6.07, 6.45) is 0. The first kappa shape index (κ1) is 16.5. The van der Waals surface area contributed by atoms with Crippen LogP contribution in [0.5, 0.6) is 0 Å². The van der Waals surface area contributed by atoms with E-state index in [1.165, 1.54) is 29.5 Å². The standard InChI is InChI=1S/C16H10F4S3/c1-9-6-13(21-8-9)15-12(10-2-4-11(17)5-3-10)7-14(22-15)23-16(18,19)20/h2-8H,1H3. The zero-order valence-electron chi connectivity index (χ0n) is 11.8. The molecule has 0 aliphatic heterocycles. The molecule has 7 heteroatoms. The Morgan fingerprint density at radius 3 is 2.30 bits per heavy atom. The maximum Gasteiger partial charge on any atom is 0.447 e. The quantitative estimate of drug-likeness (QED) is 0.345. The van der Waals surface area contributed by atoms with E-state index in [4.69, 9.17) is 0 Å². The van der Waals surface area contributed by atoms with E-state index >= 15 is 0 Å². The highest BCUT2D eigenvalue weighted by Crippen LogP contribution is 2.48. The lowest BCUT2D eigenvalue weighted by molar-refractivity contribution is -0.0326. The van der Waals surface area contributed by atoms with Crippen molar-refractivity contribution in [3.63, 3.8) is 0 Å². The first-order valence-electron chi connectivity index (χ1n) is 6.53. The predicted octanol–water partition coefficient (Wildman–Crippen LogP) is 7.20. The Kier molecular flexibility index (Phi) is 4.53. The second kappa shape index (κ2) is 6.30. The van der Waals surface area contributed by atoms with Gasteiger partial charge in [0.1, 0.15) is 5.82 Å². The van der Waals surface area contributed by atoms with Crippen molar-refractivity contribution >= 4 is 34.4 Å². The van der Waals surface area contributed by atoms with Crippen molar-refractivity contribution in [2.24, 2.45) is 0 Å². The van der Waals surface area contributed by atoms with Gasteiger partial charge in [-0.1, -0.05) is 12.1 Å². The molecule has 23 heavy (non-hydrogen) atoms. The van der Waals surface area contributed by atoms with Crippen molar-refractivity contribution in [1.29, 1.82) is 0 Å². The molecule has 1 aromatic carbocycles. The molecule has 3 rings (SSSR count). The minimum atomic E-state index is -4.33. The molecule has 0 spiro atoms. The van der Waals surface area contributed by atoms with E-state index in [0.717, 1.165) is 26.7 Å². The number of thiophene rings is 2. The van der Waals surface area contributed by atoms with Gasteiger partial charge in [0.25, 0.3) is 0 Å². The molecular formula is C16H10F4S3. The van der Waals surface area contributed by atoms with E-state index in [1.54, 1.807) is 12.1 Å². The van der Waals surface area contributed by atoms with Gasteiger partial charge < -0.3 is 0 Å². The molecule has 3 aromatic rings. The van der Waals surface area contributed by atoms with Gasteiger partial charge in [-0.05, 0) is 59.5 Å². The molecule has 0 atom stereocenters. The second-order valence-electron chi connectivity index (χ2n) is 4.85. The molecule has 0 nitrogen and oxygen atoms in total. The van der Waals surface area contributed by atoms with Gasteiger partial charge in [0.15, 0.2) is 0 Å². The summed E-state index contributed by atoms with van der Waals surface area (Å²) in [7, 11) is 0. The molecule has 0 N–H and O–H groups in total. The van der Waals surface area contributed by atoms with Gasteiger partial charge in [0.2, 0.25) is 0 Å². The number of alkyl halides is 3. The molecular weight excluding hydrogens is 364 g/mol. The molecule has 0 saturated carbocycles. The molecule has 0 unspecified atom stereocenters. The molecule has 0 saturated heterocycles. The Bertz CT molecular complexity index is 813. The van der Waals surface area contributed by atoms with Crippen molar-refractivity contribution in [3.8, 4) is 20.9 Å². The van der Waals surface area contributed by atoms with E-state index in [1.807, 2.05) is 18.4 Å². The number of aryl methyl sites for hydroxylation is 1. The number of thioether (sulfide) groups is 1. The van der Waals surface area contributed by atoms with Gasteiger partial charge >= 0.3 is 5.51 Å². The van der Waals surface area contributed by atoms with Gasteiger partial charge in [-0.3, -0.25) is 0 Å². The third kappa shape index (κ3) is 3.97. The second-order valence-corrected chi connectivity index (χ2v) is 8.18. The average molecular weight is 374 g/mol. The van der Waals surface area contributed by atoms with Crippen molar-refractivity contribution in [1.82, 2.24) is 0 Å². The molecule has 0 aliphatic rings. The van der Waals surface area contributed by atoms with Crippen molar-refractivity contribution in [2.45, 2.75) is 16.6 Å². The molecule has 2 heterocycles. The minimum absolute atomic E-state index is 0.116. The summed E-state index contributed by atoms with van der Waals surface area (Å²) in [6.45, 7) is 1.94. The number of halogens is 4. The lowest BCUT2D eigenvalue weighted by Crippen LogP contribution is -1.97. The van der Waals surface area contributed by atoms with Crippen LogP contribution in [0.3, 0.4) is 0 Å². The molecule has 2 aromatic heterocycles. The van der Waals surface area contributed by atoms with Crippen molar-refractivity contribution in [2.75, 3.05) is 0 Å². The lowest BCUT2D eigenvalue weighted by Gasteiger charge is -2.02. The highest BCUT2D eigenvalue weighted by Gasteiger charge is 2.31. The van der Waals surface area contributed by atoms with Gasteiger partial charge in [-0.2, -0.15) is 13.2 Å². The van der Waals surface area contributed by atoms with Crippen molar-refractivity contribution < 1.29 is 17.6 Å². The number of rotatable bonds is 3. The largest absolute Gasteiger partial charge is 0.447 e. The van der Waals surface area contributed by atoms with Crippen LogP contribution < -0.4 is 0 Å². The monoisotopic (exact) mass is 374 g/mol. The molecule has 0 bridgehead atoms. The Morgan fingerprint density at radius 2 is 1.74 bits per heavy atom.